The van der Waals surface area contributed by atoms with Crippen molar-refractivity contribution in [2.75, 3.05) is 11.9 Å². The number of benzene rings is 3. The van der Waals surface area contributed by atoms with Gasteiger partial charge < -0.3 is 10.6 Å². The highest BCUT2D eigenvalue weighted by Crippen LogP contribution is 2.49. The predicted octanol–water partition coefficient (Wildman–Crippen LogP) is 3.86. The molecule has 0 atom stereocenters. The average molecular weight is 462 g/mol. The molecule has 30 heavy (non-hydrogen) atoms. The van der Waals surface area contributed by atoms with Gasteiger partial charge in [-0.25, -0.2) is 4.79 Å². The van der Waals surface area contributed by atoms with Crippen LogP contribution in [0, 0.1) is 0 Å². The molecule has 0 bridgehead atoms. The normalized spacial score (nSPS) is 15.7. The van der Waals surface area contributed by atoms with Gasteiger partial charge in [0.25, 0.3) is 5.91 Å². The minimum Gasteiger partial charge on any atom is -0.325 e. The van der Waals surface area contributed by atoms with E-state index in [9.17, 15) is 14.4 Å². The molecule has 0 unspecified atom stereocenters. The summed E-state index contributed by atoms with van der Waals surface area (Å²) in [5.74, 6) is -0.895. The molecular weight excluding hydrogens is 446 g/mol. The van der Waals surface area contributed by atoms with Crippen molar-refractivity contribution < 1.29 is 14.4 Å². The van der Waals surface area contributed by atoms with Crippen molar-refractivity contribution in [1.82, 2.24) is 10.2 Å². The third-order valence-corrected chi connectivity index (χ3v) is 6.02. The van der Waals surface area contributed by atoms with Crippen LogP contribution in [-0.2, 0) is 15.1 Å². The van der Waals surface area contributed by atoms with Crippen LogP contribution in [-0.4, -0.2) is 29.3 Å². The third-order valence-electron chi connectivity index (χ3n) is 5.49. The Bertz CT molecular complexity index is 1160. The van der Waals surface area contributed by atoms with Crippen LogP contribution in [0.25, 0.3) is 11.1 Å². The van der Waals surface area contributed by atoms with Crippen LogP contribution in [0.15, 0.2) is 77.3 Å². The first kappa shape index (κ1) is 18.6. The summed E-state index contributed by atoms with van der Waals surface area (Å²) in [4.78, 5) is 39.9. The van der Waals surface area contributed by atoms with Crippen LogP contribution < -0.4 is 10.6 Å². The number of carbonyl (C=O) groups excluding carboxylic acids is 3. The van der Waals surface area contributed by atoms with Crippen LogP contribution in [0.4, 0.5) is 10.5 Å². The number of hydrogen-bond donors (Lipinski definition) is 2. The van der Waals surface area contributed by atoms with Gasteiger partial charge in [-0.15, -0.1) is 0 Å². The van der Waals surface area contributed by atoms with Crippen LogP contribution in [0.5, 0.6) is 0 Å². The van der Waals surface area contributed by atoms with E-state index in [1.165, 1.54) is 0 Å². The number of imide groups is 1. The lowest BCUT2D eigenvalue weighted by Crippen LogP contribution is -2.44. The first-order valence-corrected chi connectivity index (χ1v) is 10.2. The van der Waals surface area contributed by atoms with Gasteiger partial charge in [-0.05, 0) is 46.5 Å². The number of halogens is 1. The summed E-state index contributed by atoms with van der Waals surface area (Å²) >= 11 is 3.34. The summed E-state index contributed by atoms with van der Waals surface area (Å²) in [6.45, 7) is -0.368. The molecule has 1 saturated heterocycles. The summed E-state index contributed by atoms with van der Waals surface area (Å²) in [5, 5.41) is 5.59. The van der Waals surface area contributed by atoms with Crippen LogP contribution in [0.2, 0.25) is 0 Å². The molecule has 1 aliphatic carbocycles. The first-order valence-electron chi connectivity index (χ1n) is 9.39. The molecule has 6 nitrogen and oxygen atoms in total. The van der Waals surface area contributed by atoms with E-state index < -0.39 is 23.4 Å². The van der Waals surface area contributed by atoms with E-state index in [-0.39, 0.29) is 6.54 Å². The molecule has 1 heterocycles. The molecule has 3 aromatic rings. The fourth-order valence-corrected chi connectivity index (χ4v) is 4.46. The van der Waals surface area contributed by atoms with E-state index in [0.29, 0.717) is 5.69 Å². The van der Waals surface area contributed by atoms with E-state index in [1.54, 1.807) is 24.3 Å². The van der Waals surface area contributed by atoms with E-state index >= 15 is 0 Å². The minimum absolute atomic E-state index is 0.368. The molecule has 1 spiro atoms. The lowest BCUT2D eigenvalue weighted by atomic mass is 9.87. The summed E-state index contributed by atoms with van der Waals surface area (Å²) in [6, 6.07) is 21.5. The number of amides is 4. The molecule has 1 fully saturated rings. The summed E-state index contributed by atoms with van der Waals surface area (Å²) in [7, 11) is 0. The summed E-state index contributed by atoms with van der Waals surface area (Å²) in [6.07, 6.45) is 0. The number of urea groups is 1. The second-order valence-corrected chi connectivity index (χ2v) is 8.13. The number of anilines is 1. The highest BCUT2D eigenvalue weighted by molar-refractivity contribution is 9.10. The van der Waals surface area contributed by atoms with Crippen molar-refractivity contribution in [2.45, 2.75) is 5.54 Å². The Balaban J connectivity index is 1.47. The number of carbonyl (C=O) groups is 3. The lowest BCUT2D eigenvalue weighted by molar-refractivity contribution is -0.132. The molecule has 2 N–H and O–H groups in total. The molecule has 148 valence electrons. The maximum absolute atomic E-state index is 13.6. The number of nitrogens with zero attached hydrogens (tertiary/aromatic N) is 1. The van der Waals surface area contributed by atoms with E-state index in [0.717, 1.165) is 31.6 Å². The molecule has 0 saturated carbocycles. The Labute approximate surface area is 181 Å². The van der Waals surface area contributed by atoms with Crippen molar-refractivity contribution in [3.63, 3.8) is 0 Å². The molecule has 5 rings (SSSR count). The molecule has 2 aliphatic rings. The Morgan fingerprint density at radius 1 is 0.900 bits per heavy atom. The molecule has 1 aliphatic heterocycles. The van der Waals surface area contributed by atoms with Crippen LogP contribution in [0.3, 0.4) is 0 Å². The second-order valence-electron chi connectivity index (χ2n) is 7.22. The van der Waals surface area contributed by atoms with E-state index in [4.69, 9.17) is 0 Å². The number of nitrogens with one attached hydrogen (secondary N) is 2. The predicted molar refractivity (Wildman–Crippen MR) is 116 cm³/mol. The van der Waals surface area contributed by atoms with Gasteiger partial charge in [-0.2, -0.15) is 0 Å². The fourth-order valence-electron chi connectivity index (χ4n) is 4.20. The minimum atomic E-state index is -1.30. The smallest absolute Gasteiger partial charge is 0.325 e. The van der Waals surface area contributed by atoms with E-state index in [2.05, 4.69) is 26.6 Å². The third kappa shape index (κ3) is 2.66. The fraction of sp³-hybridized carbons (Fsp3) is 0.0870. The Morgan fingerprint density at radius 3 is 2.07 bits per heavy atom. The van der Waals surface area contributed by atoms with Crippen molar-refractivity contribution in [1.29, 1.82) is 0 Å². The molecule has 7 heteroatoms. The van der Waals surface area contributed by atoms with Gasteiger partial charge in [0.15, 0.2) is 5.54 Å². The number of hydrogen-bond acceptors (Lipinski definition) is 3. The lowest BCUT2D eigenvalue weighted by Gasteiger charge is -2.24. The van der Waals surface area contributed by atoms with Gasteiger partial charge in [-0.1, -0.05) is 64.5 Å². The second kappa shape index (κ2) is 6.81. The van der Waals surface area contributed by atoms with Gasteiger partial charge in [0.05, 0.1) is 0 Å². The van der Waals surface area contributed by atoms with Crippen LogP contribution >= 0.6 is 15.9 Å². The standard InChI is InChI=1S/C23H16BrN3O3/c24-14-9-11-15(12-10-14)25-20(28)13-27-21(29)23(26-22(27)30)18-7-3-1-5-16(18)17-6-2-4-8-19(17)23/h1-12H,13H2,(H,25,28)(H,26,30). The number of fused-ring (bicyclic) bond motifs is 5. The molecule has 3 aromatic carbocycles. The average Bonchev–Trinajstić information content (AvgIpc) is 3.17. The monoisotopic (exact) mass is 461 g/mol. The molecule has 0 aromatic heterocycles. The highest BCUT2D eigenvalue weighted by atomic mass is 79.9. The zero-order valence-corrected chi connectivity index (χ0v) is 17.3. The Morgan fingerprint density at radius 2 is 1.47 bits per heavy atom. The van der Waals surface area contributed by atoms with Crippen molar-refractivity contribution in [3.05, 3.63) is 88.4 Å². The van der Waals surface area contributed by atoms with Gasteiger partial charge in [0.1, 0.15) is 6.54 Å². The zero-order chi connectivity index (χ0) is 20.9. The summed E-state index contributed by atoms with van der Waals surface area (Å²) in [5.41, 5.74) is 2.54. The van der Waals surface area contributed by atoms with Crippen molar-refractivity contribution >= 4 is 39.5 Å². The van der Waals surface area contributed by atoms with E-state index in [1.807, 2.05) is 48.5 Å². The molecular formula is C23H16BrN3O3. The maximum Gasteiger partial charge on any atom is 0.326 e. The number of rotatable bonds is 3. The maximum atomic E-state index is 13.6. The SMILES string of the molecule is O=C(CN1C(=O)NC2(C1=O)c1ccccc1-c1ccccc12)Nc1ccc(Br)cc1. The van der Waals surface area contributed by atoms with Crippen molar-refractivity contribution in [3.8, 4) is 11.1 Å². The highest BCUT2D eigenvalue weighted by Gasteiger charge is 2.58. The van der Waals surface area contributed by atoms with Gasteiger partial charge in [0.2, 0.25) is 5.91 Å². The molecule has 0 radical (unpaired) electrons. The largest absolute Gasteiger partial charge is 0.326 e. The Hall–Kier alpha value is -3.45. The zero-order valence-electron chi connectivity index (χ0n) is 15.7. The topological polar surface area (TPSA) is 78.5 Å². The summed E-state index contributed by atoms with van der Waals surface area (Å²) < 4.78 is 0.884. The molecule has 4 amide bonds. The van der Waals surface area contributed by atoms with Crippen molar-refractivity contribution in [2.24, 2.45) is 0 Å². The quantitative estimate of drug-likeness (QED) is 0.581. The van der Waals surface area contributed by atoms with Crippen LogP contribution in [0.1, 0.15) is 11.1 Å². The first-order chi connectivity index (χ1) is 14.5. The van der Waals surface area contributed by atoms with Gasteiger partial charge in [-0.3, -0.25) is 14.5 Å². The Kier molecular flexibility index (Phi) is 4.22. The van der Waals surface area contributed by atoms with Gasteiger partial charge >= 0.3 is 6.03 Å². The van der Waals surface area contributed by atoms with Gasteiger partial charge in [0, 0.05) is 10.2 Å².